The molecule has 0 fully saturated rings. The fraction of sp³-hybridized carbons (Fsp3) is 0.360. The van der Waals surface area contributed by atoms with Crippen molar-refractivity contribution < 1.29 is 31.9 Å². The number of rotatable bonds is 9. The van der Waals surface area contributed by atoms with Crippen molar-refractivity contribution in [1.29, 1.82) is 0 Å². The highest BCUT2D eigenvalue weighted by Crippen LogP contribution is 2.39. The molecule has 0 spiro atoms. The van der Waals surface area contributed by atoms with Crippen LogP contribution in [0, 0.1) is 5.41 Å². The molecule has 2 aromatic heterocycles. The fourth-order valence-electron chi connectivity index (χ4n) is 3.21. The molecule has 0 saturated heterocycles. The van der Waals surface area contributed by atoms with Gasteiger partial charge in [0.1, 0.15) is 35.7 Å². The molecule has 2 heterocycles. The summed E-state index contributed by atoms with van der Waals surface area (Å²) in [6, 6.07) is 10.6. The largest absolute Gasteiger partial charge is 0.492 e. The van der Waals surface area contributed by atoms with Crippen LogP contribution in [0.4, 0.5) is 13.2 Å². The van der Waals surface area contributed by atoms with Crippen LogP contribution in [0.1, 0.15) is 32.2 Å². The normalized spacial score (nSPS) is 13.5. The maximum Gasteiger partial charge on any atom is 0.400 e. The van der Waals surface area contributed by atoms with Crippen LogP contribution in [0.15, 0.2) is 53.5 Å². The Kier molecular flexibility index (Phi) is 7.15. The van der Waals surface area contributed by atoms with Crippen molar-refractivity contribution in [3.8, 4) is 17.1 Å². The van der Waals surface area contributed by atoms with Crippen molar-refractivity contribution in [3.05, 3.63) is 60.4 Å². The van der Waals surface area contributed by atoms with E-state index in [1.54, 1.807) is 18.2 Å². The van der Waals surface area contributed by atoms with E-state index in [1.165, 1.54) is 0 Å². The number of hydrogen-bond acceptors (Lipinski definition) is 5. The Morgan fingerprint density at radius 1 is 1.12 bits per heavy atom. The standard InChI is InChI=1S/C25H26F3NO4/c1-5-17-9-11-19(20(6-2)29-17)22-12-16-8-10-18(13-21(16)33-22)31-14-24(4,25(26,27)28)15-32-23(30)7-3/h7-13H,3,5-6,14-15H2,1-2,4H3. The Morgan fingerprint density at radius 3 is 2.52 bits per heavy atom. The number of aromatic nitrogens is 1. The number of esters is 1. The highest BCUT2D eigenvalue weighted by molar-refractivity contribution is 5.84. The molecule has 1 aromatic carbocycles. The van der Waals surface area contributed by atoms with E-state index in [2.05, 4.69) is 16.3 Å². The quantitative estimate of drug-likeness (QED) is 0.277. The zero-order valence-electron chi connectivity index (χ0n) is 18.8. The number of alkyl halides is 3. The van der Waals surface area contributed by atoms with Crippen LogP contribution in [-0.2, 0) is 22.4 Å². The van der Waals surface area contributed by atoms with Crippen LogP contribution in [0.25, 0.3) is 22.3 Å². The van der Waals surface area contributed by atoms with Gasteiger partial charge in [0.15, 0.2) is 0 Å². The van der Waals surface area contributed by atoms with Gasteiger partial charge in [-0.15, -0.1) is 0 Å². The summed E-state index contributed by atoms with van der Waals surface area (Å²) in [6.07, 6.45) is -2.27. The molecule has 0 aliphatic rings. The van der Waals surface area contributed by atoms with Crippen LogP contribution < -0.4 is 4.74 Å². The van der Waals surface area contributed by atoms with E-state index < -0.39 is 30.8 Å². The van der Waals surface area contributed by atoms with Crippen LogP contribution in [-0.4, -0.2) is 30.3 Å². The molecule has 0 aliphatic heterocycles. The van der Waals surface area contributed by atoms with Gasteiger partial charge in [0, 0.05) is 28.8 Å². The Hall–Kier alpha value is -3.29. The van der Waals surface area contributed by atoms with E-state index in [4.69, 9.17) is 9.15 Å². The molecule has 0 radical (unpaired) electrons. The summed E-state index contributed by atoms with van der Waals surface area (Å²) in [5, 5.41) is 0.789. The van der Waals surface area contributed by atoms with Gasteiger partial charge in [0.05, 0.1) is 5.69 Å². The lowest BCUT2D eigenvalue weighted by molar-refractivity contribution is -0.240. The van der Waals surface area contributed by atoms with Crippen molar-refractivity contribution >= 4 is 16.9 Å². The van der Waals surface area contributed by atoms with Gasteiger partial charge in [-0.25, -0.2) is 4.79 Å². The number of fused-ring (bicyclic) bond motifs is 1. The lowest BCUT2D eigenvalue weighted by Crippen LogP contribution is -2.44. The minimum absolute atomic E-state index is 0.212. The molecule has 1 atom stereocenters. The predicted molar refractivity (Wildman–Crippen MR) is 119 cm³/mol. The summed E-state index contributed by atoms with van der Waals surface area (Å²) in [7, 11) is 0. The third-order valence-corrected chi connectivity index (χ3v) is 5.43. The Bertz CT molecular complexity index is 1150. The number of hydrogen-bond donors (Lipinski definition) is 0. The predicted octanol–water partition coefficient (Wildman–Crippen LogP) is 6.30. The van der Waals surface area contributed by atoms with Gasteiger partial charge in [0.25, 0.3) is 0 Å². The zero-order chi connectivity index (χ0) is 24.2. The van der Waals surface area contributed by atoms with Gasteiger partial charge >= 0.3 is 12.1 Å². The number of aryl methyl sites for hydroxylation is 2. The molecule has 5 nitrogen and oxygen atoms in total. The Labute approximate surface area is 190 Å². The van der Waals surface area contributed by atoms with E-state index in [0.29, 0.717) is 11.3 Å². The molecule has 3 rings (SSSR count). The van der Waals surface area contributed by atoms with E-state index in [-0.39, 0.29) is 5.75 Å². The average molecular weight is 461 g/mol. The molecule has 1 unspecified atom stereocenters. The Morgan fingerprint density at radius 2 is 1.88 bits per heavy atom. The van der Waals surface area contributed by atoms with Crippen molar-refractivity contribution in [2.24, 2.45) is 5.41 Å². The van der Waals surface area contributed by atoms with E-state index in [0.717, 1.165) is 48.2 Å². The average Bonchev–Trinajstić information content (AvgIpc) is 3.23. The topological polar surface area (TPSA) is 61.6 Å². The van der Waals surface area contributed by atoms with E-state index in [1.807, 2.05) is 32.0 Å². The number of carbonyl (C=O) groups is 1. The SMILES string of the molecule is C=CC(=O)OCC(C)(COc1ccc2cc(-c3ccc(CC)nc3CC)oc2c1)C(F)(F)F. The van der Waals surface area contributed by atoms with Gasteiger partial charge < -0.3 is 13.9 Å². The molecule has 8 heteroatoms. The van der Waals surface area contributed by atoms with Gasteiger partial charge in [-0.3, -0.25) is 4.98 Å². The van der Waals surface area contributed by atoms with Crippen LogP contribution in [0.2, 0.25) is 0 Å². The van der Waals surface area contributed by atoms with Crippen LogP contribution in [0.3, 0.4) is 0 Å². The molecule has 0 saturated carbocycles. The molecule has 33 heavy (non-hydrogen) atoms. The summed E-state index contributed by atoms with van der Waals surface area (Å²) in [5.41, 5.74) is 0.879. The molecule has 0 amide bonds. The third kappa shape index (κ3) is 5.38. The first-order valence-electron chi connectivity index (χ1n) is 10.6. The maximum absolute atomic E-state index is 13.6. The molecule has 0 aliphatic carbocycles. The van der Waals surface area contributed by atoms with Gasteiger partial charge in [-0.1, -0.05) is 20.4 Å². The summed E-state index contributed by atoms with van der Waals surface area (Å²) < 4.78 is 56.9. The summed E-state index contributed by atoms with van der Waals surface area (Å²) in [4.78, 5) is 15.9. The molecular formula is C25H26F3NO4. The molecule has 0 N–H and O–H groups in total. The highest BCUT2D eigenvalue weighted by atomic mass is 19.4. The minimum Gasteiger partial charge on any atom is -0.492 e. The van der Waals surface area contributed by atoms with Gasteiger partial charge in [0.2, 0.25) is 0 Å². The molecular weight excluding hydrogens is 435 g/mol. The van der Waals surface area contributed by atoms with Crippen molar-refractivity contribution in [1.82, 2.24) is 4.98 Å². The minimum atomic E-state index is -4.65. The highest BCUT2D eigenvalue weighted by Gasteiger charge is 2.53. The van der Waals surface area contributed by atoms with E-state index in [9.17, 15) is 18.0 Å². The number of ether oxygens (including phenoxy) is 2. The van der Waals surface area contributed by atoms with Gasteiger partial charge in [-0.2, -0.15) is 13.2 Å². The number of halogens is 3. The molecule has 0 bridgehead atoms. The lowest BCUT2D eigenvalue weighted by Gasteiger charge is -2.31. The smallest absolute Gasteiger partial charge is 0.400 e. The maximum atomic E-state index is 13.6. The molecule has 3 aromatic rings. The number of pyridine rings is 1. The second-order valence-corrected chi connectivity index (χ2v) is 7.97. The summed E-state index contributed by atoms with van der Waals surface area (Å²) in [5.74, 6) is -0.0855. The van der Waals surface area contributed by atoms with Crippen molar-refractivity contribution in [2.45, 2.75) is 39.8 Å². The third-order valence-electron chi connectivity index (χ3n) is 5.43. The second-order valence-electron chi connectivity index (χ2n) is 7.97. The second kappa shape index (κ2) is 9.68. The summed E-state index contributed by atoms with van der Waals surface area (Å²) in [6.45, 7) is 6.57. The first kappa shape index (κ1) is 24.4. The number of nitrogens with zero attached hydrogens (tertiary/aromatic N) is 1. The number of furan rings is 1. The first-order valence-corrected chi connectivity index (χ1v) is 10.6. The Balaban J connectivity index is 1.83. The molecule has 176 valence electrons. The monoisotopic (exact) mass is 461 g/mol. The van der Waals surface area contributed by atoms with Crippen molar-refractivity contribution in [3.63, 3.8) is 0 Å². The zero-order valence-corrected chi connectivity index (χ0v) is 18.8. The lowest BCUT2D eigenvalue weighted by atomic mass is 9.92. The number of benzene rings is 1. The van der Waals surface area contributed by atoms with Crippen LogP contribution in [0.5, 0.6) is 5.75 Å². The fourth-order valence-corrected chi connectivity index (χ4v) is 3.21. The van der Waals surface area contributed by atoms with Gasteiger partial charge in [-0.05, 0) is 50.1 Å². The van der Waals surface area contributed by atoms with E-state index >= 15 is 0 Å². The number of carbonyl (C=O) groups excluding carboxylic acids is 1. The van der Waals surface area contributed by atoms with Crippen LogP contribution >= 0.6 is 0 Å². The van der Waals surface area contributed by atoms with Crippen molar-refractivity contribution in [2.75, 3.05) is 13.2 Å². The summed E-state index contributed by atoms with van der Waals surface area (Å²) >= 11 is 0. The first-order chi connectivity index (χ1) is 15.6.